The fourth-order valence-corrected chi connectivity index (χ4v) is 3.56. The van der Waals surface area contributed by atoms with E-state index in [0.29, 0.717) is 16.7 Å². The Kier molecular flexibility index (Phi) is 3.90. The van der Waals surface area contributed by atoms with Crippen LogP contribution >= 0.6 is 0 Å². The Morgan fingerprint density at radius 3 is 2.61 bits per heavy atom. The van der Waals surface area contributed by atoms with Gasteiger partial charge in [-0.2, -0.15) is 0 Å². The van der Waals surface area contributed by atoms with E-state index >= 15 is 0 Å². The number of hydrogen-bond acceptors (Lipinski definition) is 3. The molecule has 2 N–H and O–H groups in total. The van der Waals surface area contributed by atoms with Gasteiger partial charge in [-0.15, -0.1) is 0 Å². The zero-order chi connectivity index (χ0) is 13.1. The summed E-state index contributed by atoms with van der Waals surface area (Å²) in [6.07, 6.45) is 0. The van der Waals surface area contributed by atoms with Gasteiger partial charge < -0.3 is 0 Å². The van der Waals surface area contributed by atoms with Gasteiger partial charge in [0.2, 0.25) is 0 Å². The standard InChI is InChI=1S/C14H15NO2Se/c1-3-17-14(16)11-8-12(18-13(11)15)10-6-4-9(2)5-7-10/h4-8H,3,15H2,1-2H3. The fraction of sp³-hybridized carbons (Fsp3) is 0.214. The van der Waals surface area contributed by atoms with E-state index in [0.717, 1.165) is 10.0 Å². The van der Waals surface area contributed by atoms with E-state index in [1.54, 1.807) is 6.92 Å². The van der Waals surface area contributed by atoms with Gasteiger partial charge in [0.25, 0.3) is 0 Å². The third-order valence-electron chi connectivity index (χ3n) is 2.59. The third kappa shape index (κ3) is 2.66. The van der Waals surface area contributed by atoms with Crippen molar-refractivity contribution in [1.82, 2.24) is 0 Å². The van der Waals surface area contributed by atoms with Crippen molar-refractivity contribution in [3.05, 3.63) is 41.5 Å². The predicted octanol–water partition coefficient (Wildman–Crippen LogP) is 2.48. The monoisotopic (exact) mass is 309 g/mol. The zero-order valence-electron chi connectivity index (χ0n) is 10.4. The van der Waals surface area contributed by atoms with Crippen molar-refractivity contribution >= 4 is 25.0 Å². The molecule has 0 aliphatic carbocycles. The summed E-state index contributed by atoms with van der Waals surface area (Å²) in [5, 5.41) is 0. The Balaban J connectivity index is 2.34. The van der Waals surface area contributed by atoms with Gasteiger partial charge in [-0.1, -0.05) is 0 Å². The van der Waals surface area contributed by atoms with Crippen molar-refractivity contribution in [3.8, 4) is 10.0 Å². The number of ether oxygens (including phenoxy) is 1. The van der Waals surface area contributed by atoms with E-state index in [4.69, 9.17) is 10.5 Å². The van der Waals surface area contributed by atoms with E-state index in [2.05, 4.69) is 31.2 Å². The first-order valence-corrected chi connectivity index (χ1v) is 7.46. The molecule has 0 spiro atoms. The molecule has 94 valence electrons. The van der Waals surface area contributed by atoms with E-state index < -0.39 is 0 Å². The summed E-state index contributed by atoms with van der Waals surface area (Å²) in [6.45, 7) is 4.21. The Morgan fingerprint density at radius 2 is 2.00 bits per heavy atom. The number of rotatable bonds is 3. The van der Waals surface area contributed by atoms with Gasteiger partial charge in [0.1, 0.15) is 0 Å². The van der Waals surface area contributed by atoms with Crippen LogP contribution in [0.1, 0.15) is 22.8 Å². The van der Waals surface area contributed by atoms with E-state index in [1.165, 1.54) is 5.56 Å². The van der Waals surface area contributed by atoms with Crippen molar-refractivity contribution in [2.75, 3.05) is 12.3 Å². The minimum absolute atomic E-state index is 0.0113. The Morgan fingerprint density at radius 1 is 1.33 bits per heavy atom. The van der Waals surface area contributed by atoms with Crippen molar-refractivity contribution in [2.45, 2.75) is 13.8 Å². The maximum absolute atomic E-state index is 11.7. The summed E-state index contributed by atoms with van der Waals surface area (Å²) in [5.74, 6) is -0.320. The van der Waals surface area contributed by atoms with Gasteiger partial charge in [-0.3, -0.25) is 0 Å². The number of esters is 1. The predicted molar refractivity (Wildman–Crippen MR) is 73.9 cm³/mol. The molecule has 0 fully saturated rings. The van der Waals surface area contributed by atoms with Crippen molar-refractivity contribution in [2.24, 2.45) is 0 Å². The molecule has 0 saturated heterocycles. The first-order chi connectivity index (χ1) is 8.61. The van der Waals surface area contributed by atoms with Crippen molar-refractivity contribution in [3.63, 3.8) is 0 Å². The molecule has 0 amide bonds. The normalized spacial score (nSPS) is 10.3. The minimum atomic E-state index is -0.320. The summed E-state index contributed by atoms with van der Waals surface area (Å²) in [4.78, 5) is 11.7. The number of nitrogen functional groups attached to an aromatic ring is 1. The van der Waals surface area contributed by atoms with Crippen molar-refractivity contribution in [1.29, 1.82) is 0 Å². The number of carbonyl (C=O) groups is 1. The topological polar surface area (TPSA) is 52.3 Å². The van der Waals surface area contributed by atoms with Gasteiger partial charge in [-0.25, -0.2) is 0 Å². The van der Waals surface area contributed by atoms with Crippen LogP contribution in [0.5, 0.6) is 0 Å². The van der Waals surface area contributed by atoms with Crippen LogP contribution in [0.25, 0.3) is 10.0 Å². The SMILES string of the molecule is CCOC(=O)c1cc(-c2ccc(C)cc2)[se]c1N. The second-order valence-corrected chi connectivity index (χ2v) is 6.25. The number of nitrogens with two attached hydrogens (primary N) is 1. The van der Waals surface area contributed by atoms with Crippen LogP contribution in [-0.2, 0) is 4.74 Å². The molecule has 0 aliphatic rings. The summed E-state index contributed by atoms with van der Waals surface area (Å²) >= 11 is 0.0113. The molecule has 4 heteroatoms. The van der Waals surface area contributed by atoms with E-state index in [-0.39, 0.29) is 20.5 Å². The molecular weight excluding hydrogens is 293 g/mol. The molecule has 2 aromatic rings. The zero-order valence-corrected chi connectivity index (χ0v) is 12.1. The number of hydrogen-bond donors (Lipinski definition) is 1. The summed E-state index contributed by atoms with van der Waals surface area (Å²) < 4.78 is 6.77. The van der Waals surface area contributed by atoms with E-state index in [1.807, 2.05) is 6.07 Å². The third-order valence-corrected chi connectivity index (χ3v) is 4.72. The van der Waals surface area contributed by atoms with Crippen LogP contribution in [-0.4, -0.2) is 27.1 Å². The Bertz CT molecular complexity index is 558. The fourth-order valence-electron chi connectivity index (χ4n) is 1.63. The molecule has 0 bridgehead atoms. The summed E-state index contributed by atoms with van der Waals surface area (Å²) in [6, 6.07) is 10.1. The second kappa shape index (κ2) is 5.42. The van der Waals surface area contributed by atoms with Gasteiger partial charge in [0.15, 0.2) is 0 Å². The molecule has 18 heavy (non-hydrogen) atoms. The van der Waals surface area contributed by atoms with Crippen LogP contribution in [0.4, 0.5) is 4.56 Å². The van der Waals surface area contributed by atoms with Crippen LogP contribution in [0.2, 0.25) is 0 Å². The molecule has 0 saturated carbocycles. The first-order valence-electron chi connectivity index (χ1n) is 5.75. The Labute approximate surface area is 112 Å². The van der Waals surface area contributed by atoms with Crippen molar-refractivity contribution < 1.29 is 9.53 Å². The van der Waals surface area contributed by atoms with Gasteiger partial charge in [0, 0.05) is 0 Å². The molecule has 0 atom stereocenters. The average molecular weight is 308 g/mol. The molecule has 0 unspecified atom stereocenters. The van der Waals surface area contributed by atoms with Crippen LogP contribution < -0.4 is 5.73 Å². The quantitative estimate of drug-likeness (QED) is 0.700. The molecule has 2 rings (SSSR count). The van der Waals surface area contributed by atoms with Gasteiger partial charge in [-0.05, 0) is 0 Å². The molecule has 0 radical (unpaired) electrons. The van der Waals surface area contributed by atoms with Crippen LogP contribution in [0.15, 0.2) is 30.3 Å². The number of benzene rings is 1. The number of anilines is 1. The number of carbonyl (C=O) groups excluding carboxylic acids is 1. The average Bonchev–Trinajstić information content (AvgIpc) is 2.72. The molecule has 1 heterocycles. The second-order valence-electron chi connectivity index (χ2n) is 3.98. The molecule has 3 nitrogen and oxygen atoms in total. The Hall–Kier alpha value is -1.51. The molecular formula is C14H15NO2Se. The van der Waals surface area contributed by atoms with Crippen LogP contribution in [0.3, 0.4) is 0 Å². The maximum atomic E-state index is 11.7. The first kappa shape index (κ1) is 12.9. The van der Waals surface area contributed by atoms with Gasteiger partial charge >= 0.3 is 112 Å². The molecule has 0 aliphatic heterocycles. The summed E-state index contributed by atoms with van der Waals surface area (Å²) in [7, 11) is 0. The van der Waals surface area contributed by atoms with Crippen LogP contribution in [0, 0.1) is 6.92 Å². The molecule has 1 aromatic heterocycles. The molecule has 1 aromatic carbocycles. The van der Waals surface area contributed by atoms with E-state index in [9.17, 15) is 4.79 Å². The van der Waals surface area contributed by atoms with Gasteiger partial charge in [0.05, 0.1) is 0 Å². The summed E-state index contributed by atoms with van der Waals surface area (Å²) in [5.41, 5.74) is 8.79. The number of aryl methyl sites for hydroxylation is 1.